The number of unbranched alkanes of at least 4 members (excludes halogenated alkanes) is 5. The Labute approximate surface area is 148 Å². The molecule has 1 N–H and O–H groups in total. The zero-order chi connectivity index (χ0) is 17.6. The van der Waals surface area contributed by atoms with Crippen molar-refractivity contribution >= 4 is 0 Å². The van der Waals surface area contributed by atoms with Crippen LogP contribution in [0.5, 0.6) is 0 Å². The first-order valence-electron chi connectivity index (χ1n) is 9.43. The van der Waals surface area contributed by atoms with Crippen molar-refractivity contribution in [1.29, 1.82) is 0 Å². The van der Waals surface area contributed by atoms with Crippen LogP contribution >= 0.6 is 0 Å². The summed E-state index contributed by atoms with van der Waals surface area (Å²) in [5.74, 6) is 6.52. The van der Waals surface area contributed by atoms with E-state index in [9.17, 15) is 5.11 Å². The molecule has 0 fully saturated rings. The van der Waals surface area contributed by atoms with Gasteiger partial charge in [0.25, 0.3) is 0 Å². The van der Waals surface area contributed by atoms with Gasteiger partial charge >= 0.3 is 0 Å². The molecule has 0 bridgehead atoms. The van der Waals surface area contributed by atoms with E-state index in [0.29, 0.717) is 13.2 Å². The van der Waals surface area contributed by atoms with Crippen molar-refractivity contribution < 1.29 is 9.84 Å². The van der Waals surface area contributed by atoms with Crippen molar-refractivity contribution in [3.63, 3.8) is 0 Å². The van der Waals surface area contributed by atoms with Gasteiger partial charge in [0.05, 0.1) is 19.3 Å². The van der Waals surface area contributed by atoms with Crippen LogP contribution in [0.3, 0.4) is 0 Å². The SMILES string of the molecule is CCCCCCCC#C[C@@H](C)[C@H](O)[C@@H](C)COCc1ccccc1. The zero-order valence-corrected chi connectivity index (χ0v) is 15.6. The summed E-state index contributed by atoms with van der Waals surface area (Å²) in [5.41, 5.74) is 1.16. The van der Waals surface area contributed by atoms with Gasteiger partial charge in [0.15, 0.2) is 0 Å². The van der Waals surface area contributed by atoms with Crippen molar-refractivity contribution in [3.05, 3.63) is 35.9 Å². The quantitative estimate of drug-likeness (QED) is 0.446. The summed E-state index contributed by atoms with van der Waals surface area (Å²) in [7, 11) is 0. The summed E-state index contributed by atoms with van der Waals surface area (Å²) in [6, 6.07) is 10.1. The summed E-state index contributed by atoms with van der Waals surface area (Å²) in [4.78, 5) is 0. The molecule has 24 heavy (non-hydrogen) atoms. The van der Waals surface area contributed by atoms with E-state index in [1.54, 1.807) is 0 Å². The molecular formula is C22H34O2. The Morgan fingerprint density at radius 3 is 2.46 bits per heavy atom. The number of aliphatic hydroxyl groups is 1. The van der Waals surface area contributed by atoms with Crippen molar-refractivity contribution in [2.24, 2.45) is 11.8 Å². The minimum absolute atomic E-state index is 0.00373. The molecule has 2 heteroatoms. The Hall–Kier alpha value is -1.30. The maximum atomic E-state index is 10.4. The van der Waals surface area contributed by atoms with E-state index in [1.165, 1.54) is 32.1 Å². The Kier molecular flexibility index (Phi) is 11.3. The van der Waals surface area contributed by atoms with Crippen molar-refractivity contribution in [3.8, 4) is 11.8 Å². The van der Waals surface area contributed by atoms with Crippen LogP contribution < -0.4 is 0 Å². The topological polar surface area (TPSA) is 29.5 Å². The van der Waals surface area contributed by atoms with Gasteiger partial charge in [0.1, 0.15) is 0 Å². The zero-order valence-electron chi connectivity index (χ0n) is 15.6. The fourth-order valence-electron chi connectivity index (χ4n) is 2.66. The second kappa shape index (κ2) is 13.0. The molecule has 3 atom stereocenters. The molecule has 0 aliphatic carbocycles. The van der Waals surface area contributed by atoms with Gasteiger partial charge in [-0.15, -0.1) is 5.92 Å². The van der Waals surface area contributed by atoms with E-state index >= 15 is 0 Å². The first-order valence-corrected chi connectivity index (χ1v) is 9.43. The van der Waals surface area contributed by atoms with E-state index in [-0.39, 0.29) is 11.8 Å². The summed E-state index contributed by atoms with van der Waals surface area (Å²) < 4.78 is 5.73. The second-order valence-corrected chi connectivity index (χ2v) is 6.74. The maximum absolute atomic E-state index is 10.4. The molecule has 0 aromatic heterocycles. The number of rotatable bonds is 11. The highest BCUT2D eigenvalue weighted by molar-refractivity contribution is 5.13. The van der Waals surface area contributed by atoms with Gasteiger partial charge < -0.3 is 9.84 Å². The fraction of sp³-hybridized carbons (Fsp3) is 0.636. The number of hydrogen-bond donors (Lipinski definition) is 1. The molecule has 0 radical (unpaired) electrons. The lowest BCUT2D eigenvalue weighted by Crippen LogP contribution is -2.28. The van der Waals surface area contributed by atoms with Crippen molar-refractivity contribution in [2.45, 2.75) is 72.0 Å². The number of benzene rings is 1. The van der Waals surface area contributed by atoms with Crippen LogP contribution in [0.25, 0.3) is 0 Å². The lowest BCUT2D eigenvalue weighted by atomic mass is 9.94. The second-order valence-electron chi connectivity index (χ2n) is 6.74. The molecule has 0 saturated heterocycles. The van der Waals surface area contributed by atoms with Crippen LogP contribution in [-0.4, -0.2) is 17.8 Å². The van der Waals surface area contributed by atoms with E-state index in [1.807, 2.05) is 32.0 Å². The molecular weight excluding hydrogens is 296 g/mol. The number of aliphatic hydroxyl groups excluding tert-OH is 1. The van der Waals surface area contributed by atoms with Crippen LogP contribution in [0.2, 0.25) is 0 Å². The monoisotopic (exact) mass is 330 g/mol. The lowest BCUT2D eigenvalue weighted by Gasteiger charge is -2.21. The molecule has 0 saturated carbocycles. The van der Waals surface area contributed by atoms with Crippen LogP contribution in [0, 0.1) is 23.7 Å². The molecule has 1 aromatic rings. The minimum Gasteiger partial charge on any atom is -0.391 e. The van der Waals surface area contributed by atoms with Gasteiger partial charge in [-0.1, -0.05) is 75.8 Å². The number of hydrogen-bond acceptors (Lipinski definition) is 2. The molecule has 2 nitrogen and oxygen atoms in total. The van der Waals surface area contributed by atoms with Crippen LogP contribution in [-0.2, 0) is 11.3 Å². The molecule has 0 unspecified atom stereocenters. The third kappa shape index (κ3) is 9.11. The average molecular weight is 331 g/mol. The summed E-state index contributed by atoms with van der Waals surface area (Å²) in [5, 5.41) is 10.4. The minimum atomic E-state index is -0.437. The Morgan fingerprint density at radius 2 is 1.75 bits per heavy atom. The first-order chi connectivity index (χ1) is 11.6. The molecule has 1 aromatic carbocycles. The van der Waals surface area contributed by atoms with E-state index in [4.69, 9.17) is 4.74 Å². The molecule has 0 amide bonds. The highest BCUT2D eigenvalue weighted by Gasteiger charge is 2.19. The number of ether oxygens (including phenoxy) is 1. The summed E-state index contributed by atoms with van der Waals surface area (Å²) in [6.07, 6.45) is 6.86. The van der Waals surface area contributed by atoms with Gasteiger partial charge in [-0.05, 0) is 18.9 Å². The predicted octanol–water partition coefficient (Wildman–Crippen LogP) is 5.20. The third-order valence-electron chi connectivity index (χ3n) is 4.32. The summed E-state index contributed by atoms with van der Waals surface area (Å²) in [6.45, 7) is 7.41. The molecule has 1 rings (SSSR count). The smallest absolute Gasteiger partial charge is 0.0722 e. The Bertz CT molecular complexity index is 472. The summed E-state index contributed by atoms with van der Waals surface area (Å²) >= 11 is 0. The molecule has 134 valence electrons. The highest BCUT2D eigenvalue weighted by Crippen LogP contribution is 2.14. The Balaban J connectivity index is 2.20. The van der Waals surface area contributed by atoms with Gasteiger partial charge in [0, 0.05) is 18.3 Å². The molecule has 0 spiro atoms. The van der Waals surface area contributed by atoms with Crippen LogP contribution in [0.1, 0.15) is 64.9 Å². The van der Waals surface area contributed by atoms with Crippen molar-refractivity contribution in [1.82, 2.24) is 0 Å². The maximum Gasteiger partial charge on any atom is 0.0722 e. The van der Waals surface area contributed by atoms with Gasteiger partial charge in [-0.2, -0.15) is 0 Å². The lowest BCUT2D eigenvalue weighted by molar-refractivity contribution is 0.0150. The molecule has 0 heterocycles. The van der Waals surface area contributed by atoms with Crippen molar-refractivity contribution in [2.75, 3.05) is 6.61 Å². The van der Waals surface area contributed by atoms with Gasteiger partial charge in [-0.3, -0.25) is 0 Å². The Morgan fingerprint density at radius 1 is 1.04 bits per heavy atom. The average Bonchev–Trinajstić information content (AvgIpc) is 2.61. The van der Waals surface area contributed by atoms with E-state index in [0.717, 1.165) is 12.0 Å². The van der Waals surface area contributed by atoms with E-state index < -0.39 is 6.10 Å². The third-order valence-corrected chi connectivity index (χ3v) is 4.32. The van der Waals surface area contributed by atoms with Crippen LogP contribution in [0.4, 0.5) is 0 Å². The first kappa shape index (κ1) is 20.7. The highest BCUT2D eigenvalue weighted by atomic mass is 16.5. The standard InChI is InChI=1S/C22H34O2/c1-4-5-6-7-8-9-11-14-19(2)22(23)20(3)17-24-18-21-15-12-10-13-16-21/h10,12-13,15-16,19-20,22-23H,4-9,17-18H2,1-3H3/t19-,20+,22+/m1/s1. The molecule has 0 aliphatic heterocycles. The largest absolute Gasteiger partial charge is 0.391 e. The van der Waals surface area contributed by atoms with Crippen LogP contribution in [0.15, 0.2) is 30.3 Å². The fourth-order valence-corrected chi connectivity index (χ4v) is 2.66. The molecule has 0 aliphatic rings. The predicted molar refractivity (Wildman–Crippen MR) is 102 cm³/mol. The van der Waals surface area contributed by atoms with Gasteiger partial charge in [-0.25, -0.2) is 0 Å². The normalized spacial score (nSPS) is 14.5. The van der Waals surface area contributed by atoms with Gasteiger partial charge in [0.2, 0.25) is 0 Å². The van der Waals surface area contributed by atoms with E-state index in [2.05, 4.69) is 30.9 Å².